The highest BCUT2D eigenvalue weighted by Crippen LogP contribution is 2.38. The molecule has 0 saturated carbocycles. The van der Waals surface area contributed by atoms with Crippen LogP contribution < -0.4 is 10.6 Å². The van der Waals surface area contributed by atoms with Gasteiger partial charge in [0.25, 0.3) is 5.69 Å². The molecule has 1 aromatic rings. The molecule has 3 rings (SSSR count). The molecule has 22 heavy (non-hydrogen) atoms. The molecule has 0 atom stereocenters. The first-order valence-electron chi connectivity index (χ1n) is 8.11. The summed E-state index contributed by atoms with van der Waals surface area (Å²) < 4.78 is 0. The van der Waals surface area contributed by atoms with Crippen LogP contribution in [0.1, 0.15) is 32.3 Å². The molecule has 120 valence electrons. The van der Waals surface area contributed by atoms with Gasteiger partial charge in [-0.3, -0.25) is 10.1 Å². The lowest BCUT2D eigenvalue weighted by Crippen LogP contribution is -2.42. The van der Waals surface area contributed by atoms with Crippen LogP contribution in [0.25, 0.3) is 0 Å². The van der Waals surface area contributed by atoms with Crippen molar-refractivity contribution in [2.24, 2.45) is 0 Å². The summed E-state index contributed by atoms with van der Waals surface area (Å²) in [5.74, 6) is 0. The van der Waals surface area contributed by atoms with E-state index in [1.54, 1.807) is 6.07 Å². The maximum Gasteiger partial charge on any atom is 0.292 e. The standard InChI is InChI=1S/C16H24N4O2/c1-11(2)19-9-6-12(7-10-19)18-16-13-5-8-17-14(13)3-4-15(16)20(21)22/h3-4,11-12,17-18H,5-10H2,1-2H3. The predicted octanol–water partition coefficient (Wildman–Crippen LogP) is 2.85. The summed E-state index contributed by atoms with van der Waals surface area (Å²) in [6.07, 6.45) is 2.92. The van der Waals surface area contributed by atoms with Crippen LogP contribution in [0, 0.1) is 10.1 Å². The Hall–Kier alpha value is -1.82. The van der Waals surface area contributed by atoms with E-state index in [9.17, 15) is 10.1 Å². The Morgan fingerprint density at radius 1 is 1.36 bits per heavy atom. The van der Waals surface area contributed by atoms with Crippen LogP contribution in [0.4, 0.5) is 17.1 Å². The fraction of sp³-hybridized carbons (Fsp3) is 0.625. The number of rotatable bonds is 4. The van der Waals surface area contributed by atoms with Crippen molar-refractivity contribution in [1.82, 2.24) is 4.90 Å². The summed E-state index contributed by atoms with van der Waals surface area (Å²) in [6.45, 7) is 7.40. The van der Waals surface area contributed by atoms with Crippen LogP contribution >= 0.6 is 0 Å². The number of nitrogens with zero attached hydrogens (tertiary/aromatic N) is 2. The molecule has 0 unspecified atom stereocenters. The Bertz CT molecular complexity index is 566. The number of benzene rings is 1. The number of nitro groups is 1. The molecular weight excluding hydrogens is 280 g/mol. The summed E-state index contributed by atoms with van der Waals surface area (Å²) in [5.41, 5.74) is 3.04. The van der Waals surface area contributed by atoms with E-state index in [1.807, 2.05) is 6.07 Å². The van der Waals surface area contributed by atoms with E-state index in [0.717, 1.165) is 55.8 Å². The number of likely N-dealkylation sites (tertiary alicyclic amines) is 1. The summed E-state index contributed by atoms with van der Waals surface area (Å²) in [4.78, 5) is 13.5. The fourth-order valence-corrected chi connectivity index (χ4v) is 3.46. The minimum absolute atomic E-state index is 0.203. The number of hydrogen-bond acceptors (Lipinski definition) is 5. The molecule has 2 aliphatic heterocycles. The highest BCUT2D eigenvalue weighted by molar-refractivity contribution is 5.77. The molecule has 2 aliphatic rings. The van der Waals surface area contributed by atoms with E-state index in [4.69, 9.17) is 0 Å². The second-order valence-electron chi connectivity index (χ2n) is 6.47. The van der Waals surface area contributed by atoms with Crippen LogP contribution in [0.5, 0.6) is 0 Å². The van der Waals surface area contributed by atoms with E-state index in [0.29, 0.717) is 12.1 Å². The molecule has 1 aromatic carbocycles. The largest absolute Gasteiger partial charge is 0.384 e. The molecule has 0 radical (unpaired) electrons. The molecule has 0 bridgehead atoms. The van der Waals surface area contributed by atoms with Gasteiger partial charge in [-0.25, -0.2) is 0 Å². The molecule has 0 aliphatic carbocycles. The van der Waals surface area contributed by atoms with Crippen LogP contribution in [0.15, 0.2) is 12.1 Å². The first-order valence-corrected chi connectivity index (χ1v) is 8.11. The van der Waals surface area contributed by atoms with Crippen molar-refractivity contribution < 1.29 is 4.92 Å². The zero-order chi connectivity index (χ0) is 15.7. The average Bonchev–Trinajstić information content (AvgIpc) is 2.96. The zero-order valence-electron chi connectivity index (χ0n) is 13.3. The molecule has 6 nitrogen and oxygen atoms in total. The smallest absolute Gasteiger partial charge is 0.292 e. The zero-order valence-corrected chi connectivity index (χ0v) is 13.3. The highest BCUT2D eigenvalue weighted by Gasteiger charge is 2.27. The molecule has 0 spiro atoms. The second-order valence-corrected chi connectivity index (χ2v) is 6.47. The van der Waals surface area contributed by atoms with Gasteiger partial charge in [-0.1, -0.05) is 0 Å². The highest BCUT2D eigenvalue weighted by atomic mass is 16.6. The van der Waals surface area contributed by atoms with E-state index in [-0.39, 0.29) is 10.6 Å². The quantitative estimate of drug-likeness (QED) is 0.661. The Morgan fingerprint density at radius 3 is 2.73 bits per heavy atom. The molecule has 1 saturated heterocycles. The van der Waals surface area contributed by atoms with E-state index in [2.05, 4.69) is 29.4 Å². The van der Waals surface area contributed by atoms with Crippen molar-refractivity contribution in [2.45, 2.75) is 45.2 Å². The number of hydrogen-bond donors (Lipinski definition) is 2. The Labute approximate surface area is 131 Å². The lowest BCUT2D eigenvalue weighted by atomic mass is 10.0. The van der Waals surface area contributed by atoms with Crippen LogP contribution in [0.3, 0.4) is 0 Å². The van der Waals surface area contributed by atoms with Gasteiger partial charge in [-0.05, 0) is 39.2 Å². The third-order valence-electron chi connectivity index (χ3n) is 4.79. The van der Waals surface area contributed by atoms with Gasteiger partial charge in [0.15, 0.2) is 0 Å². The third kappa shape index (κ3) is 2.88. The lowest BCUT2D eigenvalue weighted by Gasteiger charge is -2.35. The number of fused-ring (bicyclic) bond motifs is 1. The van der Waals surface area contributed by atoms with Crippen LogP contribution in [0.2, 0.25) is 0 Å². The molecule has 1 fully saturated rings. The molecule has 0 aromatic heterocycles. The molecular formula is C16H24N4O2. The minimum atomic E-state index is -0.274. The molecule has 6 heteroatoms. The van der Waals surface area contributed by atoms with Crippen molar-refractivity contribution >= 4 is 17.1 Å². The van der Waals surface area contributed by atoms with Gasteiger partial charge < -0.3 is 15.5 Å². The monoisotopic (exact) mass is 304 g/mol. The lowest BCUT2D eigenvalue weighted by molar-refractivity contribution is -0.384. The fourth-order valence-electron chi connectivity index (χ4n) is 3.46. The molecule has 2 N–H and O–H groups in total. The molecule has 0 amide bonds. The normalized spacial score (nSPS) is 19.0. The topological polar surface area (TPSA) is 70.4 Å². The van der Waals surface area contributed by atoms with Gasteiger partial charge in [-0.2, -0.15) is 0 Å². The van der Waals surface area contributed by atoms with Gasteiger partial charge in [0.1, 0.15) is 5.69 Å². The van der Waals surface area contributed by atoms with E-state index in [1.165, 1.54) is 0 Å². The Kier molecular flexibility index (Phi) is 4.20. The van der Waals surface area contributed by atoms with E-state index < -0.39 is 0 Å². The minimum Gasteiger partial charge on any atom is -0.384 e. The van der Waals surface area contributed by atoms with Gasteiger partial charge in [-0.15, -0.1) is 0 Å². The maximum atomic E-state index is 11.3. The number of nitrogens with one attached hydrogen (secondary N) is 2. The summed E-state index contributed by atoms with van der Waals surface area (Å²) in [6, 6.07) is 4.33. The second kappa shape index (κ2) is 6.12. The third-order valence-corrected chi connectivity index (χ3v) is 4.79. The van der Waals surface area contributed by atoms with Gasteiger partial charge in [0.05, 0.1) is 4.92 Å². The van der Waals surface area contributed by atoms with Gasteiger partial charge >= 0.3 is 0 Å². The van der Waals surface area contributed by atoms with Crippen LogP contribution in [-0.2, 0) is 6.42 Å². The Morgan fingerprint density at radius 2 is 2.09 bits per heavy atom. The Balaban J connectivity index is 1.78. The van der Waals surface area contributed by atoms with Gasteiger partial charge in [0, 0.05) is 49.0 Å². The van der Waals surface area contributed by atoms with Crippen molar-refractivity contribution in [2.75, 3.05) is 30.3 Å². The van der Waals surface area contributed by atoms with Crippen molar-refractivity contribution in [3.05, 3.63) is 27.8 Å². The van der Waals surface area contributed by atoms with Gasteiger partial charge in [0.2, 0.25) is 0 Å². The number of nitro benzene ring substituents is 1. The predicted molar refractivity (Wildman–Crippen MR) is 88.6 cm³/mol. The number of anilines is 2. The van der Waals surface area contributed by atoms with E-state index >= 15 is 0 Å². The summed E-state index contributed by atoms with van der Waals surface area (Å²) in [5, 5.41) is 18.1. The van der Waals surface area contributed by atoms with Crippen molar-refractivity contribution in [1.29, 1.82) is 0 Å². The first-order chi connectivity index (χ1) is 10.6. The SMILES string of the molecule is CC(C)N1CCC(Nc2c([N+](=O)[O-])ccc3c2CCN3)CC1. The molecule has 2 heterocycles. The van der Waals surface area contributed by atoms with Crippen molar-refractivity contribution in [3.8, 4) is 0 Å². The summed E-state index contributed by atoms with van der Waals surface area (Å²) >= 11 is 0. The first kappa shape index (κ1) is 15.1. The van der Waals surface area contributed by atoms with Crippen molar-refractivity contribution in [3.63, 3.8) is 0 Å². The summed E-state index contributed by atoms with van der Waals surface area (Å²) in [7, 11) is 0. The van der Waals surface area contributed by atoms with Crippen LogP contribution in [-0.4, -0.2) is 41.5 Å². The number of piperidine rings is 1. The maximum absolute atomic E-state index is 11.3. The average molecular weight is 304 g/mol.